The molecule has 0 saturated heterocycles. The molecule has 0 amide bonds. The molecule has 0 N–H and O–H groups in total. The highest BCUT2D eigenvalue weighted by Crippen LogP contribution is 2.14. The van der Waals surface area contributed by atoms with E-state index in [0.29, 0.717) is 6.42 Å². The first-order chi connectivity index (χ1) is 6.59. The molecular weight excluding hydrogens is 198 g/mol. The van der Waals surface area contributed by atoms with Gasteiger partial charge in [0.1, 0.15) is 0 Å². The van der Waals surface area contributed by atoms with Crippen LogP contribution in [0.5, 0.6) is 0 Å². The van der Waals surface area contributed by atoms with Crippen molar-refractivity contribution in [3.63, 3.8) is 0 Å². The van der Waals surface area contributed by atoms with Crippen LogP contribution >= 0.6 is 0 Å². The molecule has 0 aliphatic heterocycles. The molecule has 3 heteroatoms. The molecule has 0 atom stereocenters. The minimum atomic E-state index is -3.03. The Kier molecular flexibility index (Phi) is 4.26. The number of aryl methyl sites for hydroxylation is 3. The van der Waals surface area contributed by atoms with Gasteiger partial charge >= 0.3 is 9.46 Å². The first kappa shape index (κ1) is 11.4. The van der Waals surface area contributed by atoms with E-state index in [-0.39, 0.29) is 6.04 Å². The van der Waals surface area contributed by atoms with E-state index in [1.54, 1.807) is 0 Å². The van der Waals surface area contributed by atoms with Gasteiger partial charge in [-0.15, -0.1) is 0 Å². The molecule has 0 bridgehead atoms. The Balaban J connectivity index is 2.53. The highest BCUT2D eigenvalue weighted by molar-refractivity contribution is 6.42. The van der Waals surface area contributed by atoms with Gasteiger partial charge in [0.25, 0.3) is 0 Å². The molecule has 14 heavy (non-hydrogen) atoms. The zero-order valence-electron chi connectivity index (χ0n) is 8.61. The minimum Gasteiger partial charge on any atom is -0.268 e. The molecule has 0 aliphatic rings. The van der Waals surface area contributed by atoms with Gasteiger partial charge in [0.15, 0.2) is 0 Å². The van der Waals surface area contributed by atoms with Crippen molar-refractivity contribution in [2.24, 2.45) is 0 Å². The van der Waals surface area contributed by atoms with Crippen molar-refractivity contribution in [2.75, 3.05) is 0 Å². The van der Waals surface area contributed by atoms with Gasteiger partial charge in [-0.2, -0.15) is 0 Å². The number of halogens is 2. The first-order valence-electron chi connectivity index (χ1n) is 4.82. The molecule has 1 radical (unpaired) electrons. The Morgan fingerprint density at radius 1 is 1.21 bits per heavy atom. The second-order valence-electron chi connectivity index (χ2n) is 3.62. The molecule has 0 fully saturated rings. The molecule has 1 aromatic rings. The van der Waals surface area contributed by atoms with E-state index in [1.165, 1.54) is 16.7 Å². The summed E-state index contributed by atoms with van der Waals surface area (Å²) in [4.78, 5) is 0. The summed E-state index contributed by atoms with van der Waals surface area (Å²) in [6.07, 6.45) is 1.40. The van der Waals surface area contributed by atoms with Crippen LogP contribution < -0.4 is 0 Å². The van der Waals surface area contributed by atoms with Crippen LogP contribution in [0.2, 0.25) is 6.04 Å². The monoisotopic (exact) mass is 213 g/mol. The molecule has 0 aliphatic carbocycles. The summed E-state index contributed by atoms with van der Waals surface area (Å²) < 4.78 is 24.0. The number of benzene rings is 1. The van der Waals surface area contributed by atoms with E-state index in [2.05, 4.69) is 18.2 Å². The maximum absolute atomic E-state index is 12.0. The van der Waals surface area contributed by atoms with Crippen molar-refractivity contribution in [3.8, 4) is 0 Å². The standard InChI is InChI=1S/C11H15F2Si/c1-9-5-6-10(2)11(8-9)4-3-7-14(12)13/h5-6,8H,3-4,7H2,1-2H3. The zero-order chi connectivity index (χ0) is 10.6. The fourth-order valence-electron chi connectivity index (χ4n) is 1.48. The molecule has 77 valence electrons. The predicted octanol–water partition coefficient (Wildman–Crippen LogP) is 3.66. The zero-order valence-corrected chi connectivity index (χ0v) is 9.61. The molecule has 1 aromatic carbocycles. The van der Waals surface area contributed by atoms with Gasteiger partial charge in [-0.1, -0.05) is 23.8 Å². The quantitative estimate of drug-likeness (QED) is 0.529. The Morgan fingerprint density at radius 2 is 1.93 bits per heavy atom. The van der Waals surface area contributed by atoms with Gasteiger partial charge in [0.05, 0.1) is 0 Å². The number of hydrogen-bond acceptors (Lipinski definition) is 0. The van der Waals surface area contributed by atoms with Gasteiger partial charge in [-0.05, 0) is 37.8 Å². The maximum Gasteiger partial charge on any atom is 0.476 e. The average molecular weight is 213 g/mol. The van der Waals surface area contributed by atoms with E-state index >= 15 is 0 Å². The fraction of sp³-hybridized carbons (Fsp3) is 0.455. The number of rotatable bonds is 4. The highest BCUT2D eigenvalue weighted by Gasteiger charge is 2.09. The summed E-state index contributed by atoms with van der Waals surface area (Å²) in [5.41, 5.74) is 3.63. The lowest BCUT2D eigenvalue weighted by Gasteiger charge is -2.06. The Labute approximate surface area is 85.9 Å². The second kappa shape index (κ2) is 5.25. The summed E-state index contributed by atoms with van der Waals surface area (Å²) in [7, 11) is -3.03. The average Bonchev–Trinajstić information content (AvgIpc) is 2.10. The molecule has 0 unspecified atom stereocenters. The lowest BCUT2D eigenvalue weighted by molar-refractivity contribution is 0.641. The van der Waals surface area contributed by atoms with Crippen LogP contribution in [0.1, 0.15) is 23.1 Å². The van der Waals surface area contributed by atoms with E-state index in [9.17, 15) is 8.22 Å². The van der Waals surface area contributed by atoms with E-state index in [1.807, 2.05) is 13.8 Å². The van der Waals surface area contributed by atoms with Gasteiger partial charge in [-0.3, -0.25) is 8.22 Å². The summed E-state index contributed by atoms with van der Waals surface area (Å²) >= 11 is 0. The molecule has 0 heterocycles. The van der Waals surface area contributed by atoms with E-state index in [4.69, 9.17) is 0 Å². The molecular formula is C11H15F2Si. The third kappa shape index (κ3) is 3.58. The summed E-state index contributed by atoms with van der Waals surface area (Å²) in [5.74, 6) is 0. The van der Waals surface area contributed by atoms with Crippen molar-refractivity contribution >= 4 is 9.46 Å². The molecule has 0 aromatic heterocycles. The third-order valence-corrected chi connectivity index (χ3v) is 3.05. The van der Waals surface area contributed by atoms with Crippen LogP contribution in [-0.4, -0.2) is 9.46 Å². The Bertz CT molecular complexity index is 297. The number of hydrogen-bond donors (Lipinski definition) is 0. The van der Waals surface area contributed by atoms with Crippen LogP contribution in [0.25, 0.3) is 0 Å². The summed E-state index contributed by atoms with van der Waals surface area (Å²) in [6, 6.07) is 6.32. The van der Waals surface area contributed by atoms with Crippen LogP contribution in [0, 0.1) is 13.8 Å². The summed E-state index contributed by atoms with van der Waals surface area (Å²) in [6.45, 7) is 4.06. The van der Waals surface area contributed by atoms with Crippen LogP contribution in [0.3, 0.4) is 0 Å². The van der Waals surface area contributed by atoms with Crippen molar-refractivity contribution in [2.45, 2.75) is 32.7 Å². The SMILES string of the molecule is Cc1ccc(C)c(CCC[Si](F)F)c1. The Morgan fingerprint density at radius 3 is 2.57 bits per heavy atom. The third-order valence-electron chi connectivity index (χ3n) is 2.32. The van der Waals surface area contributed by atoms with Crippen molar-refractivity contribution < 1.29 is 8.22 Å². The molecule has 0 spiro atoms. The Hall–Kier alpha value is -0.703. The molecule has 0 saturated carbocycles. The second-order valence-corrected chi connectivity index (χ2v) is 4.80. The summed E-state index contributed by atoms with van der Waals surface area (Å²) in [5, 5.41) is 0. The smallest absolute Gasteiger partial charge is 0.268 e. The van der Waals surface area contributed by atoms with Crippen LogP contribution in [0.15, 0.2) is 18.2 Å². The lowest BCUT2D eigenvalue weighted by Crippen LogP contribution is -1.98. The predicted molar refractivity (Wildman–Crippen MR) is 57.0 cm³/mol. The normalized spacial score (nSPS) is 10.9. The van der Waals surface area contributed by atoms with Gasteiger partial charge in [-0.25, -0.2) is 0 Å². The lowest BCUT2D eigenvalue weighted by atomic mass is 10.0. The van der Waals surface area contributed by atoms with Crippen molar-refractivity contribution in [1.82, 2.24) is 0 Å². The largest absolute Gasteiger partial charge is 0.476 e. The minimum absolute atomic E-state index is 0.109. The van der Waals surface area contributed by atoms with Gasteiger partial charge in [0.2, 0.25) is 0 Å². The maximum atomic E-state index is 12.0. The van der Waals surface area contributed by atoms with Gasteiger partial charge < -0.3 is 0 Å². The van der Waals surface area contributed by atoms with E-state index in [0.717, 1.165) is 6.42 Å². The van der Waals surface area contributed by atoms with Crippen molar-refractivity contribution in [1.29, 1.82) is 0 Å². The van der Waals surface area contributed by atoms with Crippen LogP contribution in [-0.2, 0) is 6.42 Å². The fourth-order valence-corrected chi connectivity index (χ4v) is 1.93. The molecule has 0 nitrogen and oxygen atoms in total. The van der Waals surface area contributed by atoms with Crippen molar-refractivity contribution in [3.05, 3.63) is 34.9 Å². The first-order valence-corrected chi connectivity index (χ1v) is 6.29. The van der Waals surface area contributed by atoms with Crippen LogP contribution in [0.4, 0.5) is 8.22 Å². The van der Waals surface area contributed by atoms with Gasteiger partial charge in [0, 0.05) is 6.04 Å². The highest BCUT2D eigenvalue weighted by atomic mass is 28.4. The topological polar surface area (TPSA) is 0 Å². The van der Waals surface area contributed by atoms with E-state index < -0.39 is 9.46 Å². The molecule has 1 rings (SSSR count).